The topological polar surface area (TPSA) is 0 Å². The second-order valence-electron chi connectivity index (χ2n) is 9.74. The monoisotopic (exact) mass is 480 g/mol. The Bertz CT molecular complexity index is 1790. The Morgan fingerprint density at radius 3 is 1.27 bits per heavy atom. The predicted octanol–water partition coefficient (Wildman–Crippen LogP) is 8.22. The molecular weight excluding hydrogens is 464 g/mol. The molecule has 0 nitrogen and oxygen atoms in total. The van der Waals surface area contributed by atoms with Crippen molar-refractivity contribution in [3.05, 3.63) is 141 Å². The Hall–Kier alpha value is -3.42. The molecule has 0 heterocycles. The molecule has 0 aliphatic heterocycles. The van der Waals surface area contributed by atoms with Crippen LogP contribution >= 0.6 is 15.9 Å². The van der Waals surface area contributed by atoms with Gasteiger partial charge < -0.3 is 0 Å². The highest BCUT2D eigenvalue weighted by molar-refractivity contribution is 9.10. The summed E-state index contributed by atoms with van der Waals surface area (Å²) in [7, 11) is 0. The average molecular weight is 481 g/mol. The molecule has 0 radical (unpaired) electrons. The Morgan fingerprint density at radius 2 is 0.788 bits per heavy atom. The predicted molar refractivity (Wildman–Crippen MR) is 139 cm³/mol. The van der Waals surface area contributed by atoms with Gasteiger partial charge in [0.05, 0.1) is 10.8 Å². The van der Waals surface area contributed by atoms with Gasteiger partial charge in [-0.3, -0.25) is 0 Å². The van der Waals surface area contributed by atoms with Crippen molar-refractivity contribution >= 4 is 48.2 Å². The quantitative estimate of drug-likeness (QED) is 0.205. The zero-order valence-electron chi connectivity index (χ0n) is 17.7. The fraction of sp³-hybridized carbons (Fsp3) is 0.0625. The van der Waals surface area contributed by atoms with E-state index in [2.05, 4.69) is 119 Å². The Balaban J connectivity index is 1.69. The molecule has 0 unspecified atom stereocenters. The van der Waals surface area contributed by atoms with Crippen molar-refractivity contribution in [3.63, 3.8) is 0 Å². The highest BCUT2D eigenvalue weighted by Gasteiger charge is 2.70. The zero-order chi connectivity index (χ0) is 21.5. The van der Waals surface area contributed by atoms with Crippen LogP contribution in [0.5, 0.6) is 0 Å². The first-order chi connectivity index (χ1) is 16.3. The van der Waals surface area contributed by atoms with Gasteiger partial charge in [-0.15, -0.1) is 0 Å². The van der Waals surface area contributed by atoms with Crippen molar-refractivity contribution in [1.82, 2.24) is 0 Å². The lowest BCUT2D eigenvalue weighted by molar-refractivity contribution is 0.490. The van der Waals surface area contributed by atoms with Crippen LogP contribution in [-0.2, 0) is 10.8 Å². The maximum absolute atomic E-state index is 4.06. The largest absolute Gasteiger partial charge is 0.0659 e. The van der Waals surface area contributed by atoms with Crippen LogP contribution in [0.3, 0.4) is 0 Å². The molecule has 1 heteroatoms. The van der Waals surface area contributed by atoms with Crippen LogP contribution in [-0.4, -0.2) is 0 Å². The lowest BCUT2D eigenvalue weighted by atomic mass is 9.59. The van der Waals surface area contributed by atoms with E-state index in [0.29, 0.717) is 0 Å². The Labute approximate surface area is 199 Å². The van der Waals surface area contributed by atoms with Crippen LogP contribution in [0.1, 0.15) is 33.4 Å². The molecule has 0 saturated carbocycles. The molecule has 0 saturated heterocycles. The van der Waals surface area contributed by atoms with E-state index in [1.807, 2.05) is 0 Å². The van der Waals surface area contributed by atoms with Gasteiger partial charge in [0, 0.05) is 4.47 Å². The summed E-state index contributed by atoms with van der Waals surface area (Å²) in [4.78, 5) is 0. The summed E-state index contributed by atoms with van der Waals surface area (Å²) in [5.74, 6) is 0. The summed E-state index contributed by atoms with van der Waals surface area (Å²) in [6, 6.07) is 39.2. The van der Waals surface area contributed by atoms with E-state index in [-0.39, 0.29) is 10.8 Å². The first-order valence-corrected chi connectivity index (χ1v) is 12.4. The lowest BCUT2D eigenvalue weighted by Crippen LogP contribution is -2.42. The third-order valence-corrected chi connectivity index (χ3v) is 9.42. The molecule has 152 valence electrons. The molecule has 6 aromatic rings. The number of hydrogen-bond donors (Lipinski definition) is 0. The molecule has 0 bridgehead atoms. The van der Waals surface area contributed by atoms with Gasteiger partial charge in [-0.25, -0.2) is 0 Å². The van der Waals surface area contributed by atoms with Crippen molar-refractivity contribution < 1.29 is 0 Å². The van der Waals surface area contributed by atoms with Gasteiger partial charge in [0.25, 0.3) is 0 Å². The van der Waals surface area contributed by atoms with Crippen molar-refractivity contribution in [2.24, 2.45) is 0 Å². The minimum atomic E-state index is -0.276. The van der Waals surface area contributed by atoms with E-state index in [9.17, 15) is 0 Å². The molecule has 3 aliphatic carbocycles. The Kier molecular flexibility index (Phi) is 2.70. The summed E-state index contributed by atoms with van der Waals surface area (Å²) in [5.41, 5.74) is 8.15. The van der Waals surface area contributed by atoms with Crippen LogP contribution < -0.4 is 0 Å². The van der Waals surface area contributed by atoms with Crippen LogP contribution in [0.4, 0.5) is 0 Å². The normalized spacial score (nSPS) is 22.9. The highest BCUT2D eigenvalue weighted by atomic mass is 79.9. The number of halogens is 1. The van der Waals surface area contributed by atoms with Gasteiger partial charge in [-0.05, 0) is 71.8 Å². The van der Waals surface area contributed by atoms with Crippen LogP contribution in [0.25, 0.3) is 32.3 Å². The molecule has 3 aliphatic rings. The SMILES string of the molecule is Brc1ccc2cccc3c2c1C12c4cccc5cccc(c45)C31c1cccc3cccc2c13. The summed E-state index contributed by atoms with van der Waals surface area (Å²) < 4.78 is 1.21. The van der Waals surface area contributed by atoms with Crippen molar-refractivity contribution in [2.75, 3.05) is 0 Å². The standard InChI is InChI=1S/C32H17Br/c33-26-17-16-20-10-5-15-25-29(20)30(26)32-23-13-3-8-18-6-1-11-21(27(18)23)31(25,32)22-12-2-7-19-9-4-14-24(32)28(19)22/h1-17H. The number of rotatable bonds is 0. The van der Waals surface area contributed by atoms with Gasteiger partial charge in [0.15, 0.2) is 0 Å². The number of hydrogen-bond acceptors (Lipinski definition) is 0. The van der Waals surface area contributed by atoms with Crippen molar-refractivity contribution in [3.8, 4) is 0 Å². The van der Waals surface area contributed by atoms with Gasteiger partial charge in [0.2, 0.25) is 0 Å². The molecule has 0 spiro atoms. The molecule has 0 fully saturated rings. The maximum Gasteiger partial charge on any atom is 0.0659 e. The minimum absolute atomic E-state index is 0.259. The molecule has 6 aromatic carbocycles. The summed E-state index contributed by atoms with van der Waals surface area (Å²) in [6.45, 7) is 0. The summed E-state index contributed by atoms with van der Waals surface area (Å²) in [6.07, 6.45) is 0. The van der Waals surface area contributed by atoms with E-state index >= 15 is 0 Å². The van der Waals surface area contributed by atoms with Gasteiger partial charge >= 0.3 is 0 Å². The molecule has 33 heavy (non-hydrogen) atoms. The second-order valence-corrected chi connectivity index (χ2v) is 10.6. The summed E-state index contributed by atoms with van der Waals surface area (Å²) in [5, 5.41) is 8.30. The van der Waals surface area contributed by atoms with E-state index in [0.717, 1.165) is 0 Å². The van der Waals surface area contributed by atoms with Gasteiger partial charge in [-0.2, -0.15) is 0 Å². The molecule has 0 aromatic heterocycles. The smallest absolute Gasteiger partial charge is 0.0613 e. The third kappa shape index (κ3) is 1.49. The van der Waals surface area contributed by atoms with Crippen LogP contribution in [0.15, 0.2) is 108 Å². The molecule has 0 amide bonds. The van der Waals surface area contributed by atoms with Crippen LogP contribution in [0.2, 0.25) is 0 Å². The van der Waals surface area contributed by atoms with E-state index in [1.165, 1.54) is 70.2 Å². The van der Waals surface area contributed by atoms with E-state index < -0.39 is 0 Å². The zero-order valence-corrected chi connectivity index (χ0v) is 19.3. The maximum atomic E-state index is 4.06. The Morgan fingerprint density at radius 1 is 0.394 bits per heavy atom. The molecule has 9 rings (SSSR count). The number of benzene rings is 6. The molecular formula is C32H17Br. The van der Waals surface area contributed by atoms with Gasteiger partial charge in [-0.1, -0.05) is 113 Å². The highest BCUT2D eigenvalue weighted by Crippen LogP contribution is 2.76. The fourth-order valence-corrected chi connectivity index (χ4v) is 8.64. The fourth-order valence-electron chi connectivity index (χ4n) is 8.01. The minimum Gasteiger partial charge on any atom is -0.0613 e. The summed E-state index contributed by atoms with van der Waals surface area (Å²) >= 11 is 4.06. The first-order valence-electron chi connectivity index (χ1n) is 11.6. The molecule has 0 N–H and O–H groups in total. The second kappa shape index (κ2) is 5.21. The first kappa shape index (κ1) is 17.1. The van der Waals surface area contributed by atoms with Crippen molar-refractivity contribution in [2.45, 2.75) is 10.8 Å². The van der Waals surface area contributed by atoms with Crippen molar-refractivity contribution in [1.29, 1.82) is 0 Å². The average Bonchev–Trinajstić information content (AvgIpc) is 3.39. The van der Waals surface area contributed by atoms with Gasteiger partial charge in [0.1, 0.15) is 0 Å². The van der Waals surface area contributed by atoms with E-state index in [1.54, 1.807) is 0 Å². The third-order valence-electron chi connectivity index (χ3n) is 8.76. The lowest BCUT2D eigenvalue weighted by Gasteiger charge is -2.40. The molecule has 0 atom stereocenters. The van der Waals surface area contributed by atoms with E-state index in [4.69, 9.17) is 0 Å². The van der Waals surface area contributed by atoms with Crippen LogP contribution in [0, 0.1) is 0 Å².